The highest BCUT2D eigenvalue weighted by Crippen LogP contribution is 2.07. The second-order valence-corrected chi connectivity index (χ2v) is 2.39. The number of carbonyl (C=O) groups excluding carboxylic acids is 2. The molecule has 0 spiro atoms. The molecule has 0 aromatic carbocycles. The minimum absolute atomic E-state index is 0.126. The molecular weight excluding hydrogens is 174 g/mol. The average Bonchev–Trinajstić information content (AvgIpc) is 2.31. The molecule has 13 heavy (non-hydrogen) atoms. The lowest BCUT2D eigenvalue weighted by molar-refractivity contribution is 0.0967. The molecule has 0 aliphatic heterocycles. The van der Waals surface area contributed by atoms with Crippen LogP contribution >= 0.6 is 0 Å². The Labute approximate surface area is 73.7 Å². The first kappa shape index (κ1) is 9.04. The number of anilines is 1. The molecule has 0 atom stereocenters. The molecule has 3 amide bonds. The second kappa shape index (κ2) is 3.13. The standard InChI is InChI=1S/C6H9N5O2/c1-11-4(7)3(2-9-11)5(12)10-6(8)13/h2H,7H2,1H3,(H3,8,10,12,13). The van der Waals surface area contributed by atoms with Crippen LogP contribution in [0, 0.1) is 0 Å². The molecule has 1 heterocycles. The highest BCUT2D eigenvalue weighted by Gasteiger charge is 2.14. The predicted molar refractivity (Wildman–Crippen MR) is 44.7 cm³/mol. The quantitative estimate of drug-likeness (QED) is 0.507. The third-order valence-electron chi connectivity index (χ3n) is 1.47. The number of nitrogens with zero attached hydrogens (tertiary/aromatic N) is 2. The van der Waals surface area contributed by atoms with Gasteiger partial charge in [0.25, 0.3) is 5.91 Å². The summed E-state index contributed by atoms with van der Waals surface area (Å²) in [4.78, 5) is 21.5. The van der Waals surface area contributed by atoms with E-state index in [-0.39, 0.29) is 11.4 Å². The maximum atomic E-state index is 11.1. The van der Waals surface area contributed by atoms with E-state index in [0.29, 0.717) is 0 Å². The molecule has 0 aliphatic rings. The van der Waals surface area contributed by atoms with E-state index in [1.54, 1.807) is 7.05 Å². The van der Waals surface area contributed by atoms with Crippen molar-refractivity contribution in [3.05, 3.63) is 11.8 Å². The highest BCUT2D eigenvalue weighted by molar-refractivity contribution is 6.06. The summed E-state index contributed by atoms with van der Waals surface area (Å²) >= 11 is 0. The van der Waals surface area contributed by atoms with Crippen molar-refractivity contribution in [1.29, 1.82) is 0 Å². The first-order valence-electron chi connectivity index (χ1n) is 3.40. The number of aromatic nitrogens is 2. The second-order valence-electron chi connectivity index (χ2n) is 2.39. The maximum Gasteiger partial charge on any atom is 0.319 e. The minimum Gasteiger partial charge on any atom is -0.383 e. The van der Waals surface area contributed by atoms with Crippen molar-refractivity contribution in [2.75, 3.05) is 5.73 Å². The molecule has 0 radical (unpaired) electrons. The Morgan fingerprint density at radius 1 is 1.62 bits per heavy atom. The van der Waals surface area contributed by atoms with Gasteiger partial charge in [-0.1, -0.05) is 0 Å². The van der Waals surface area contributed by atoms with E-state index >= 15 is 0 Å². The number of imide groups is 1. The molecule has 0 aliphatic carbocycles. The zero-order chi connectivity index (χ0) is 10.0. The van der Waals surface area contributed by atoms with Gasteiger partial charge < -0.3 is 11.5 Å². The summed E-state index contributed by atoms with van der Waals surface area (Å²) in [6.45, 7) is 0. The van der Waals surface area contributed by atoms with Crippen LogP contribution in [0.2, 0.25) is 0 Å². The molecule has 0 bridgehead atoms. The molecule has 70 valence electrons. The third-order valence-corrected chi connectivity index (χ3v) is 1.47. The molecule has 1 aromatic rings. The molecular formula is C6H9N5O2. The van der Waals surface area contributed by atoms with Gasteiger partial charge in [-0.3, -0.25) is 14.8 Å². The number of hydrogen-bond acceptors (Lipinski definition) is 4. The van der Waals surface area contributed by atoms with Crippen LogP contribution in [-0.2, 0) is 7.05 Å². The average molecular weight is 183 g/mol. The molecule has 7 nitrogen and oxygen atoms in total. The Kier molecular flexibility index (Phi) is 2.18. The van der Waals surface area contributed by atoms with E-state index < -0.39 is 11.9 Å². The van der Waals surface area contributed by atoms with Gasteiger partial charge in [-0.05, 0) is 0 Å². The minimum atomic E-state index is -0.923. The summed E-state index contributed by atoms with van der Waals surface area (Å²) in [7, 11) is 1.58. The Morgan fingerprint density at radius 3 is 2.62 bits per heavy atom. The molecule has 1 rings (SSSR count). The van der Waals surface area contributed by atoms with Crippen LogP contribution in [0.5, 0.6) is 0 Å². The predicted octanol–water partition coefficient (Wildman–Crippen LogP) is -1.19. The number of amides is 3. The van der Waals surface area contributed by atoms with Crippen molar-refractivity contribution >= 4 is 17.8 Å². The fourth-order valence-electron chi connectivity index (χ4n) is 0.801. The van der Waals surface area contributed by atoms with Gasteiger partial charge in [0.2, 0.25) is 0 Å². The number of hydrogen-bond donors (Lipinski definition) is 3. The first-order valence-corrected chi connectivity index (χ1v) is 3.40. The number of nitrogens with one attached hydrogen (secondary N) is 1. The third kappa shape index (κ3) is 1.75. The molecule has 5 N–H and O–H groups in total. The first-order chi connectivity index (χ1) is 6.02. The summed E-state index contributed by atoms with van der Waals surface area (Å²) in [5, 5.41) is 5.60. The normalized spacial score (nSPS) is 9.62. The zero-order valence-corrected chi connectivity index (χ0v) is 6.94. The van der Waals surface area contributed by atoms with Crippen LogP contribution in [0.3, 0.4) is 0 Å². The van der Waals surface area contributed by atoms with Crippen LogP contribution < -0.4 is 16.8 Å². The number of nitrogen functional groups attached to an aromatic ring is 1. The van der Waals surface area contributed by atoms with Gasteiger partial charge in [0.15, 0.2) is 0 Å². The van der Waals surface area contributed by atoms with E-state index in [4.69, 9.17) is 11.5 Å². The Hall–Kier alpha value is -2.05. The summed E-state index contributed by atoms with van der Waals surface area (Å²) in [6, 6.07) is -0.923. The van der Waals surface area contributed by atoms with E-state index in [1.165, 1.54) is 10.9 Å². The maximum absolute atomic E-state index is 11.1. The van der Waals surface area contributed by atoms with Crippen molar-refractivity contribution < 1.29 is 9.59 Å². The van der Waals surface area contributed by atoms with E-state index in [0.717, 1.165) is 0 Å². The van der Waals surface area contributed by atoms with Crippen LogP contribution in [0.4, 0.5) is 10.6 Å². The van der Waals surface area contributed by atoms with Crippen LogP contribution in [-0.4, -0.2) is 21.7 Å². The van der Waals surface area contributed by atoms with Crippen LogP contribution in [0.1, 0.15) is 10.4 Å². The van der Waals surface area contributed by atoms with Gasteiger partial charge in [-0.15, -0.1) is 0 Å². The van der Waals surface area contributed by atoms with Gasteiger partial charge in [0.05, 0.1) is 6.20 Å². The van der Waals surface area contributed by atoms with Crippen LogP contribution in [0.25, 0.3) is 0 Å². The Balaban J connectivity index is 2.89. The zero-order valence-electron chi connectivity index (χ0n) is 6.94. The van der Waals surface area contributed by atoms with Crippen molar-refractivity contribution in [2.45, 2.75) is 0 Å². The van der Waals surface area contributed by atoms with Crippen LogP contribution in [0.15, 0.2) is 6.20 Å². The van der Waals surface area contributed by atoms with Gasteiger partial charge in [-0.2, -0.15) is 5.10 Å². The summed E-state index contributed by atoms with van der Waals surface area (Å²) < 4.78 is 1.32. The largest absolute Gasteiger partial charge is 0.383 e. The fourth-order valence-corrected chi connectivity index (χ4v) is 0.801. The number of nitrogens with two attached hydrogens (primary N) is 2. The van der Waals surface area contributed by atoms with Crippen molar-refractivity contribution in [3.8, 4) is 0 Å². The summed E-state index contributed by atoms with van der Waals surface area (Å²) in [6.07, 6.45) is 1.26. The monoisotopic (exact) mass is 183 g/mol. The SMILES string of the molecule is Cn1ncc(C(=O)NC(N)=O)c1N. The number of rotatable bonds is 1. The van der Waals surface area contributed by atoms with E-state index in [1.807, 2.05) is 5.32 Å². The number of aryl methyl sites for hydroxylation is 1. The number of urea groups is 1. The topological polar surface area (TPSA) is 116 Å². The molecule has 0 saturated heterocycles. The van der Waals surface area contributed by atoms with Crippen molar-refractivity contribution in [1.82, 2.24) is 15.1 Å². The van der Waals surface area contributed by atoms with E-state index in [2.05, 4.69) is 5.10 Å². The summed E-state index contributed by atoms with van der Waals surface area (Å²) in [5.74, 6) is -0.475. The molecule has 0 unspecified atom stereocenters. The highest BCUT2D eigenvalue weighted by atomic mass is 16.2. The lowest BCUT2D eigenvalue weighted by atomic mass is 10.3. The van der Waals surface area contributed by atoms with E-state index in [9.17, 15) is 9.59 Å². The summed E-state index contributed by atoms with van der Waals surface area (Å²) in [5.41, 5.74) is 10.3. The molecule has 0 saturated carbocycles. The smallest absolute Gasteiger partial charge is 0.319 e. The number of primary amides is 1. The fraction of sp³-hybridized carbons (Fsp3) is 0.167. The number of carbonyl (C=O) groups is 2. The van der Waals surface area contributed by atoms with Gasteiger partial charge >= 0.3 is 6.03 Å². The van der Waals surface area contributed by atoms with Crippen molar-refractivity contribution in [3.63, 3.8) is 0 Å². The molecule has 1 aromatic heterocycles. The lowest BCUT2D eigenvalue weighted by Crippen LogP contribution is -2.35. The van der Waals surface area contributed by atoms with Gasteiger partial charge in [0.1, 0.15) is 11.4 Å². The van der Waals surface area contributed by atoms with Gasteiger partial charge in [0, 0.05) is 7.05 Å². The Morgan fingerprint density at radius 2 is 2.23 bits per heavy atom. The van der Waals surface area contributed by atoms with Crippen molar-refractivity contribution in [2.24, 2.45) is 12.8 Å². The lowest BCUT2D eigenvalue weighted by Gasteiger charge is -1.99. The molecule has 7 heteroatoms. The Bertz CT molecular complexity index is 356. The molecule has 0 fully saturated rings. The van der Waals surface area contributed by atoms with Gasteiger partial charge in [-0.25, -0.2) is 4.79 Å².